The summed E-state index contributed by atoms with van der Waals surface area (Å²) in [5.41, 5.74) is 1.92. The number of sulfonamides is 1. The minimum absolute atomic E-state index is 0.0213. The predicted molar refractivity (Wildman–Crippen MR) is 139 cm³/mol. The van der Waals surface area contributed by atoms with Gasteiger partial charge in [0, 0.05) is 45.8 Å². The third kappa shape index (κ3) is 5.47. The molecule has 2 saturated heterocycles. The number of aryl methyl sites for hydroxylation is 1. The van der Waals surface area contributed by atoms with E-state index in [9.17, 15) is 23.1 Å². The number of carbonyl (C=O) groups is 2. The average molecular weight is 528 g/mol. The summed E-state index contributed by atoms with van der Waals surface area (Å²) in [6.07, 6.45) is 0.838. The molecule has 2 aromatic carbocycles. The highest BCUT2D eigenvalue weighted by molar-refractivity contribution is 7.89. The van der Waals surface area contributed by atoms with Gasteiger partial charge in [0.2, 0.25) is 10.0 Å². The second kappa shape index (κ2) is 11.1. The Morgan fingerprint density at radius 1 is 1.05 bits per heavy atom. The Hall–Kier alpha value is -3.05. The Morgan fingerprint density at radius 3 is 2.35 bits per heavy atom. The molecule has 37 heavy (non-hydrogen) atoms. The Labute approximate surface area is 218 Å². The van der Waals surface area contributed by atoms with Crippen LogP contribution in [0, 0.1) is 0 Å². The maximum absolute atomic E-state index is 13.3. The van der Waals surface area contributed by atoms with Crippen LogP contribution in [0.1, 0.15) is 29.7 Å². The number of rotatable bonds is 8. The van der Waals surface area contributed by atoms with E-state index in [0.717, 1.165) is 29.4 Å². The number of ketones is 1. The van der Waals surface area contributed by atoms with Crippen molar-refractivity contribution in [3.63, 3.8) is 0 Å². The van der Waals surface area contributed by atoms with Crippen LogP contribution in [0.3, 0.4) is 0 Å². The molecule has 1 unspecified atom stereocenters. The molecular formula is C27H33N3O6S. The predicted octanol–water partition coefficient (Wildman–Crippen LogP) is 2.25. The fourth-order valence-corrected chi connectivity index (χ4v) is 5.58. The molecule has 0 spiro atoms. The Kier molecular flexibility index (Phi) is 8.13. The van der Waals surface area contributed by atoms with E-state index in [4.69, 9.17) is 4.74 Å². The molecule has 198 valence electrons. The van der Waals surface area contributed by atoms with Gasteiger partial charge in [-0.2, -0.15) is 0 Å². The summed E-state index contributed by atoms with van der Waals surface area (Å²) < 4.78 is 31.8. The number of likely N-dealkylation sites (tertiary alicyclic amines) is 1. The molecule has 9 nitrogen and oxygen atoms in total. The number of aliphatic hydroxyl groups is 1. The number of aliphatic hydroxyl groups excluding tert-OH is 1. The molecule has 0 aliphatic carbocycles. The Bertz CT molecular complexity index is 1300. The standard InChI is InChI=1S/C27H33N3O6S/c1-4-19-8-10-20(11-9-19)24-23(25(31)21-6-5-7-22(18-21)37(34,35)28(2)3)26(32)27(33)30(24)13-12-29-14-16-36-17-15-29/h5-11,18,24,31H,4,12-17H2,1-3H3. The summed E-state index contributed by atoms with van der Waals surface area (Å²) >= 11 is 0. The first-order valence-electron chi connectivity index (χ1n) is 12.4. The van der Waals surface area contributed by atoms with Gasteiger partial charge in [0.15, 0.2) is 0 Å². The van der Waals surface area contributed by atoms with Gasteiger partial charge >= 0.3 is 0 Å². The van der Waals surface area contributed by atoms with Crippen LogP contribution in [-0.4, -0.2) is 92.8 Å². The zero-order valence-electron chi connectivity index (χ0n) is 21.4. The van der Waals surface area contributed by atoms with E-state index in [0.29, 0.717) is 31.9 Å². The molecule has 0 radical (unpaired) electrons. The normalized spacial score (nSPS) is 20.6. The average Bonchev–Trinajstić information content (AvgIpc) is 3.17. The molecule has 0 bridgehead atoms. The van der Waals surface area contributed by atoms with Gasteiger partial charge in [-0.05, 0) is 29.7 Å². The Balaban J connectivity index is 1.78. The molecule has 4 rings (SSSR count). The maximum atomic E-state index is 13.3. The third-order valence-electron chi connectivity index (χ3n) is 6.89. The fraction of sp³-hybridized carbons (Fsp3) is 0.407. The van der Waals surface area contributed by atoms with Crippen molar-refractivity contribution in [1.29, 1.82) is 0 Å². The first kappa shape index (κ1) is 27.0. The second-order valence-electron chi connectivity index (χ2n) is 9.36. The van der Waals surface area contributed by atoms with Crippen molar-refractivity contribution in [3.05, 3.63) is 70.8 Å². The molecule has 2 aliphatic heterocycles. The number of hydrogen-bond donors (Lipinski definition) is 1. The highest BCUT2D eigenvalue weighted by Gasteiger charge is 2.46. The lowest BCUT2D eigenvalue weighted by Gasteiger charge is -2.31. The summed E-state index contributed by atoms with van der Waals surface area (Å²) in [7, 11) is -0.927. The summed E-state index contributed by atoms with van der Waals surface area (Å²) in [4.78, 5) is 30.2. The van der Waals surface area contributed by atoms with Crippen LogP contribution >= 0.6 is 0 Å². The number of carbonyl (C=O) groups excluding carboxylic acids is 2. The van der Waals surface area contributed by atoms with Crippen molar-refractivity contribution in [3.8, 4) is 0 Å². The number of morpholine rings is 1. The van der Waals surface area contributed by atoms with Crippen LogP contribution in [0.5, 0.6) is 0 Å². The molecule has 0 aromatic heterocycles. The van der Waals surface area contributed by atoms with Crippen molar-refractivity contribution < 1.29 is 27.9 Å². The fourth-order valence-electron chi connectivity index (χ4n) is 4.64. The molecule has 1 atom stereocenters. The number of nitrogens with zero attached hydrogens (tertiary/aromatic N) is 3. The lowest BCUT2D eigenvalue weighted by Crippen LogP contribution is -2.42. The smallest absolute Gasteiger partial charge is 0.295 e. The number of ether oxygens (including phenoxy) is 1. The van der Waals surface area contributed by atoms with Crippen molar-refractivity contribution in [2.45, 2.75) is 24.3 Å². The van der Waals surface area contributed by atoms with Gasteiger partial charge in [0.05, 0.1) is 29.7 Å². The lowest BCUT2D eigenvalue weighted by molar-refractivity contribution is -0.140. The summed E-state index contributed by atoms with van der Waals surface area (Å²) in [5.74, 6) is -1.87. The van der Waals surface area contributed by atoms with E-state index in [1.165, 1.54) is 43.3 Å². The van der Waals surface area contributed by atoms with Gasteiger partial charge in [-0.25, -0.2) is 12.7 Å². The molecule has 2 aromatic rings. The van der Waals surface area contributed by atoms with Crippen LogP contribution in [0.2, 0.25) is 0 Å². The molecule has 2 aliphatic rings. The van der Waals surface area contributed by atoms with Gasteiger partial charge < -0.3 is 14.7 Å². The van der Waals surface area contributed by atoms with Crippen molar-refractivity contribution in [2.24, 2.45) is 0 Å². The zero-order chi connectivity index (χ0) is 26.7. The molecule has 1 N–H and O–H groups in total. The molecular weight excluding hydrogens is 494 g/mol. The quantitative estimate of drug-likeness (QED) is 0.319. The van der Waals surface area contributed by atoms with Gasteiger partial charge in [-0.3, -0.25) is 14.5 Å². The van der Waals surface area contributed by atoms with Gasteiger partial charge in [-0.15, -0.1) is 0 Å². The van der Waals surface area contributed by atoms with E-state index < -0.39 is 33.5 Å². The van der Waals surface area contributed by atoms with Gasteiger partial charge in [0.1, 0.15) is 5.76 Å². The highest BCUT2D eigenvalue weighted by atomic mass is 32.2. The number of benzene rings is 2. The summed E-state index contributed by atoms with van der Waals surface area (Å²) in [6.45, 7) is 5.63. The van der Waals surface area contributed by atoms with Gasteiger partial charge in [-0.1, -0.05) is 43.3 Å². The van der Waals surface area contributed by atoms with E-state index in [1.54, 1.807) is 0 Å². The van der Waals surface area contributed by atoms with Crippen LogP contribution in [0.15, 0.2) is 59.0 Å². The van der Waals surface area contributed by atoms with Crippen molar-refractivity contribution in [1.82, 2.24) is 14.1 Å². The van der Waals surface area contributed by atoms with Gasteiger partial charge in [0.25, 0.3) is 11.7 Å². The van der Waals surface area contributed by atoms with E-state index in [2.05, 4.69) is 4.90 Å². The van der Waals surface area contributed by atoms with E-state index in [-0.39, 0.29) is 16.0 Å². The third-order valence-corrected chi connectivity index (χ3v) is 8.70. The van der Waals surface area contributed by atoms with Crippen LogP contribution < -0.4 is 0 Å². The molecule has 2 fully saturated rings. The topological polar surface area (TPSA) is 107 Å². The largest absolute Gasteiger partial charge is 0.507 e. The number of amides is 1. The first-order valence-corrected chi connectivity index (χ1v) is 13.8. The van der Waals surface area contributed by atoms with E-state index >= 15 is 0 Å². The monoisotopic (exact) mass is 527 g/mol. The first-order chi connectivity index (χ1) is 17.6. The van der Waals surface area contributed by atoms with E-state index in [1.807, 2.05) is 31.2 Å². The second-order valence-corrected chi connectivity index (χ2v) is 11.5. The van der Waals surface area contributed by atoms with Crippen LogP contribution in [-0.2, 0) is 30.8 Å². The summed E-state index contributed by atoms with van der Waals surface area (Å²) in [6, 6.07) is 12.6. The molecule has 10 heteroatoms. The number of Topliss-reactive ketones (excluding diaryl/α,β-unsaturated/α-hetero) is 1. The van der Waals surface area contributed by atoms with Crippen LogP contribution in [0.25, 0.3) is 5.76 Å². The minimum Gasteiger partial charge on any atom is -0.507 e. The Morgan fingerprint density at radius 2 is 1.73 bits per heavy atom. The van der Waals surface area contributed by atoms with Crippen LogP contribution in [0.4, 0.5) is 0 Å². The van der Waals surface area contributed by atoms with Crippen molar-refractivity contribution >= 4 is 27.5 Å². The molecule has 1 amide bonds. The van der Waals surface area contributed by atoms with Crippen molar-refractivity contribution in [2.75, 3.05) is 53.5 Å². The molecule has 2 heterocycles. The summed E-state index contributed by atoms with van der Waals surface area (Å²) in [5, 5.41) is 11.3. The SMILES string of the molecule is CCc1ccc(C2C(=C(O)c3cccc(S(=O)(=O)N(C)C)c3)C(=O)C(=O)N2CCN2CCOCC2)cc1. The minimum atomic E-state index is -3.76. The maximum Gasteiger partial charge on any atom is 0.295 e. The highest BCUT2D eigenvalue weighted by Crippen LogP contribution is 2.39. The number of hydrogen-bond acceptors (Lipinski definition) is 7. The molecule has 0 saturated carbocycles. The zero-order valence-corrected chi connectivity index (χ0v) is 22.2. The lowest BCUT2D eigenvalue weighted by atomic mass is 9.94.